The fraction of sp³-hybridized carbons (Fsp3) is 0.0833. The van der Waals surface area contributed by atoms with Gasteiger partial charge in [0.15, 0.2) is 0 Å². The summed E-state index contributed by atoms with van der Waals surface area (Å²) < 4.78 is 0. The SMILES string of the molecule is Cc1ccccc1/C=C(\NC(=O)c1ccccc1)C(=O)Nc1ccc(SC(C)C(=O)Nc2ccc3ccccc3c2)cc1. The minimum atomic E-state index is -0.448. The first kappa shape index (κ1) is 29.4. The number of anilines is 2. The molecule has 0 spiro atoms. The van der Waals surface area contributed by atoms with Crippen molar-refractivity contribution in [3.63, 3.8) is 0 Å². The number of thioether (sulfide) groups is 1. The summed E-state index contributed by atoms with van der Waals surface area (Å²) in [6.07, 6.45) is 1.67. The standard InChI is InChI=1S/C36H31N3O3S/c1-24-10-6-7-14-28(24)23-33(39-35(41)27-12-4-3-5-13-27)36(42)37-30-18-20-32(21-19-30)43-25(2)34(40)38-31-17-16-26-11-8-9-15-29(26)22-31/h3-23,25H,1-2H3,(H,37,42)(H,38,40)(H,39,41)/b33-23-. The van der Waals surface area contributed by atoms with Crippen LogP contribution in [0.25, 0.3) is 16.8 Å². The fourth-order valence-corrected chi connectivity index (χ4v) is 5.30. The smallest absolute Gasteiger partial charge is 0.272 e. The summed E-state index contributed by atoms with van der Waals surface area (Å²) in [5, 5.41) is 10.5. The molecule has 0 aliphatic carbocycles. The Labute approximate surface area is 255 Å². The molecule has 0 saturated heterocycles. The van der Waals surface area contributed by atoms with Crippen LogP contribution in [0.2, 0.25) is 0 Å². The Balaban J connectivity index is 1.24. The number of hydrogen-bond acceptors (Lipinski definition) is 4. The van der Waals surface area contributed by atoms with Gasteiger partial charge in [-0.1, -0.05) is 72.8 Å². The van der Waals surface area contributed by atoms with Crippen molar-refractivity contribution in [3.8, 4) is 0 Å². The Kier molecular flexibility index (Phi) is 9.34. The molecule has 214 valence electrons. The highest BCUT2D eigenvalue weighted by molar-refractivity contribution is 8.00. The minimum absolute atomic E-state index is 0.0993. The van der Waals surface area contributed by atoms with Gasteiger partial charge in [0.2, 0.25) is 5.91 Å². The maximum absolute atomic E-state index is 13.4. The number of carbonyl (C=O) groups excluding carboxylic acids is 3. The van der Waals surface area contributed by atoms with E-state index in [-0.39, 0.29) is 22.8 Å². The van der Waals surface area contributed by atoms with Crippen molar-refractivity contribution in [2.75, 3.05) is 10.6 Å². The largest absolute Gasteiger partial charge is 0.325 e. The first-order valence-corrected chi connectivity index (χ1v) is 14.8. The van der Waals surface area contributed by atoms with Crippen molar-refractivity contribution < 1.29 is 14.4 Å². The van der Waals surface area contributed by atoms with Crippen molar-refractivity contribution in [2.24, 2.45) is 0 Å². The van der Waals surface area contributed by atoms with Gasteiger partial charge in [-0.15, -0.1) is 11.8 Å². The van der Waals surface area contributed by atoms with Crippen LogP contribution in [-0.2, 0) is 9.59 Å². The van der Waals surface area contributed by atoms with E-state index >= 15 is 0 Å². The maximum Gasteiger partial charge on any atom is 0.272 e. The third-order valence-electron chi connectivity index (χ3n) is 6.83. The van der Waals surface area contributed by atoms with Crippen LogP contribution in [-0.4, -0.2) is 23.0 Å². The second-order valence-electron chi connectivity index (χ2n) is 10.0. The average molecular weight is 586 g/mol. The first-order chi connectivity index (χ1) is 20.9. The van der Waals surface area contributed by atoms with Crippen molar-refractivity contribution >= 4 is 57.7 Å². The van der Waals surface area contributed by atoms with Crippen LogP contribution in [0.1, 0.15) is 28.4 Å². The van der Waals surface area contributed by atoms with Gasteiger partial charge in [0, 0.05) is 21.8 Å². The first-order valence-electron chi connectivity index (χ1n) is 13.9. The molecule has 3 N–H and O–H groups in total. The van der Waals surface area contributed by atoms with Crippen LogP contribution in [0.3, 0.4) is 0 Å². The molecular weight excluding hydrogens is 554 g/mol. The Morgan fingerprint density at radius 1 is 0.698 bits per heavy atom. The second-order valence-corrected chi connectivity index (χ2v) is 11.4. The number of carbonyl (C=O) groups is 3. The quantitative estimate of drug-likeness (QED) is 0.122. The maximum atomic E-state index is 13.4. The molecule has 5 aromatic rings. The Hall–Kier alpha value is -5.14. The molecule has 0 saturated carbocycles. The number of amides is 3. The highest BCUT2D eigenvalue weighted by Crippen LogP contribution is 2.27. The van der Waals surface area contributed by atoms with Gasteiger partial charge in [0.1, 0.15) is 5.70 Å². The van der Waals surface area contributed by atoms with E-state index in [0.29, 0.717) is 11.3 Å². The molecule has 0 aliphatic rings. The molecule has 3 amide bonds. The lowest BCUT2D eigenvalue weighted by atomic mass is 10.1. The second kappa shape index (κ2) is 13.7. The summed E-state index contributed by atoms with van der Waals surface area (Å²) in [5.41, 5.74) is 3.69. The zero-order chi connectivity index (χ0) is 30.2. The number of nitrogens with one attached hydrogen (secondary N) is 3. The van der Waals surface area contributed by atoms with E-state index < -0.39 is 5.91 Å². The van der Waals surface area contributed by atoms with E-state index in [9.17, 15) is 14.4 Å². The van der Waals surface area contributed by atoms with Crippen LogP contribution in [0, 0.1) is 6.92 Å². The average Bonchev–Trinajstić information content (AvgIpc) is 3.03. The monoisotopic (exact) mass is 585 g/mol. The number of fused-ring (bicyclic) bond motifs is 1. The molecule has 0 bridgehead atoms. The van der Waals surface area contributed by atoms with E-state index in [1.54, 1.807) is 42.5 Å². The molecule has 1 unspecified atom stereocenters. The Morgan fingerprint density at radius 2 is 1.35 bits per heavy atom. The van der Waals surface area contributed by atoms with Gasteiger partial charge in [-0.2, -0.15) is 0 Å². The zero-order valence-electron chi connectivity index (χ0n) is 23.8. The lowest BCUT2D eigenvalue weighted by Crippen LogP contribution is -2.30. The predicted octanol–water partition coefficient (Wildman–Crippen LogP) is 7.68. The third kappa shape index (κ3) is 7.78. The lowest BCUT2D eigenvalue weighted by Gasteiger charge is -2.14. The summed E-state index contributed by atoms with van der Waals surface area (Å²) >= 11 is 1.42. The van der Waals surface area contributed by atoms with Gasteiger partial charge in [0.05, 0.1) is 5.25 Å². The van der Waals surface area contributed by atoms with Crippen molar-refractivity contribution in [3.05, 3.63) is 144 Å². The molecule has 7 heteroatoms. The summed E-state index contributed by atoms with van der Waals surface area (Å²) in [5.74, 6) is -0.924. The Bertz CT molecular complexity index is 1800. The summed E-state index contributed by atoms with van der Waals surface area (Å²) in [6, 6.07) is 37.5. The van der Waals surface area contributed by atoms with Crippen LogP contribution >= 0.6 is 11.8 Å². The predicted molar refractivity (Wildman–Crippen MR) is 176 cm³/mol. The molecule has 0 fully saturated rings. The van der Waals surface area contributed by atoms with E-state index in [0.717, 1.165) is 32.5 Å². The van der Waals surface area contributed by atoms with E-state index in [1.165, 1.54) is 11.8 Å². The van der Waals surface area contributed by atoms with Gasteiger partial charge in [-0.25, -0.2) is 0 Å². The van der Waals surface area contributed by atoms with Gasteiger partial charge >= 0.3 is 0 Å². The molecule has 43 heavy (non-hydrogen) atoms. The topological polar surface area (TPSA) is 87.3 Å². The van der Waals surface area contributed by atoms with Crippen molar-refractivity contribution in [1.29, 1.82) is 0 Å². The van der Waals surface area contributed by atoms with Crippen LogP contribution in [0.4, 0.5) is 11.4 Å². The van der Waals surface area contributed by atoms with Crippen LogP contribution in [0.15, 0.2) is 132 Å². The molecule has 0 aliphatic heterocycles. The van der Waals surface area contributed by atoms with Gasteiger partial charge in [-0.3, -0.25) is 14.4 Å². The molecule has 0 radical (unpaired) electrons. The summed E-state index contributed by atoms with van der Waals surface area (Å²) in [4.78, 5) is 40.0. The van der Waals surface area contributed by atoms with Crippen LogP contribution < -0.4 is 16.0 Å². The van der Waals surface area contributed by atoms with E-state index in [2.05, 4.69) is 16.0 Å². The number of rotatable bonds is 9. The molecule has 5 aromatic carbocycles. The van der Waals surface area contributed by atoms with Crippen molar-refractivity contribution in [1.82, 2.24) is 5.32 Å². The van der Waals surface area contributed by atoms with Gasteiger partial charge in [0.25, 0.3) is 11.8 Å². The molecule has 0 aromatic heterocycles. The lowest BCUT2D eigenvalue weighted by molar-refractivity contribution is -0.115. The Morgan fingerprint density at radius 3 is 2.09 bits per heavy atom. The van der Waals surface area contributed by atoms with Gasteiger partial charge in [-0.05, 0) is 90.4 Å². The minimum Gasteiger partial charge on any atom is -0.325 e. The zero-order valence-corrected chi connectivity index (χ0v) is 24.7. The number of aryl methyl sites for hydroxylation is 1. The highest BCUT2D eigenvalue weighted by Gasteiger charge is 2.17. The summed E-state index contributed by atoms with van der Waals surface area (Å²) in [7, 11) is 0. The summed E-state index contributed by atoms with van der Waals surface area (Å²) in [6.45, 7) is 3.80. The van der Waals surface area contributed by atoms with E-state index in [1.807, 2.05) is 98.8 Å². The van der Waals surface area contributed by atoms with E-state index in [4.69, 9.17) is 0 Å². The fourth-order valence-electron chi connectivity index (χ4n) is 4.43. The van der Waals surface area contributed by atoms with Gasteiger partial charge < -0.3 is 16.0 Å². The molecule has 6 nitrogen and oxygen atoms in total. The number of benzene rings is 5. The number of hydrogen-bond donors (Lipinski definition) is 3. The normalized spacial score (nSPS) is 11.9. The molecule has 0 heterocycles. The molecule has 1 atom stereocenters. The molecular formula is C36H31N3O3S. The molecule has 5 rings (SSSR count). The van der Waals surface area contributed by atoms with Crippen molar-refractivity contribution in [2.45, 2.75) is 24.0 Å². The van der Waals surface area contributed by atoms with Crippen LogP contribution in [0.5, 0.6) is 0 Å². The third-order valence-corrected chi connectivity index (χ3v) is 7.94. The highest BCUT2D eigenvalue weighted by atomic mass is 32.2.